The van der Waals surface area contributed by atoms with Crippen molar-refractivity contribution in [3.63, 3.8) is 0 Å². The van der Waals surface area contributed by atoms with Crippen LogP contribution >= 0.6 is 0 Å². The minimum absolute atomic E-state index is 0.378. The summed E-state index contributed by atoms with van der Waals surface area (Å²) in [5.74, 6) is 1.11. The van der Waals surface area contributed by atoms with E-state index >= 15 is 0 Å². The van der Waals surface area contributed by atoms with Gasteiger partial charge in [0.2, 0.25) is 12.3 Å². The van der Waals surface area contributed by atoms with Crippen molar-refractivity contribution < 1.29 is 9.21 Å². The van der Waals surface area contributed by atoms with E-state index in [0.29, 0.717) is 30.0 Å². The van der Waals surface area contributed by atoms with E-state index in [9.17, 15) is 10.1 Å². The number of carbonyl (C=O) groups excluding carboxylic acids is 1. The molecule has 9 heteroatoms. The van der Waals surface area contributed by atoms with Crippen LogP contribution in [0.1, 0.15) is 36.5 Å². The molecule has 0 fully saturated rings. The summed E-state index contributed by atoms with van der Waals surface area (Å²) in [6.07, 6.45) is 11.1. The molecule has 0 saturated heterocycles. The van der Waals surface area contributed by atoms with Gasteiger partial charge in [-0.3, -0.25) is 14.7 Å². The van der Waals surface area contributed by atoms with Gasteiger partial charge in [0.15, 0.2) is 0 Å². The minimum atomic E-state index is -0.496. The molecular weight excluding hydrogens is 514 g/mol. The third-order valence-electron chi connectivity index (χ3n) is 7.06. The van der Waals surface area contributed by atoms with E-state index in [4.69, 9.17) is 9.40 Å². The Morgan fingerprint density at radius 3 is 2.66 bits per heavy atom. The van der Waals surface area contributed by atoms with Crippen molar-refractivity contribution in [1.29, 1.82) is 5.26 Å². The van der Waals surface area contributed by atoms with Gasteiger partial charge >= 0.3 is 0 Å². The monoisotopic (exact) mass is 541 g/mol. The predicted molar refractivity (Wildman–Crippen MR) is 155 cm³/mol. The molecule has 6 aromatic rings. The molecule has 0 saturated carbocycles. The van der Waals surface area contributed by atoms with Crippen LogP contribution in [0.3, 0.4) is 0 Å². The van der Waals surface area contributed by atoms with Crippen LogP contribution in [-0.2, 0) is 17.8 Å². The average Bonchev–Trinajstić information content (AvgIpc) is 3.78. The smallest absolute Gasteiger partial charge is 0.217 e. The Hall–Kier alpha value is -5.49. The molecule has 41 heavy (non-hydrogen) atoms. The lowest BCUT2D eigenvalue weighted by Gasteiger charge is -2.27. The highest BCUT2D eigenvalue weighted by Gasteiger charge is 2.29. The van der Waals surface area contributed by atoms with Gasteiger partial charge in [0, 0.05) is 54.4 Å². The molecule has 0 radical (unpaired) electrons. The van der Waals surface area contributed by atoms with Gasteiger partial charge < -0.3 is 13.6 Å². The van der Waals surface area contributed by atoms with E-state index in [1.54, 1.807) is 47.9 Å². The molecule has 4 aromatic heterocycles. The third kappa shape index (κ3) is 5.11. The van der Waals surface area contributed by atoms with Crippen molar-refractivity contribution >= 4 is 23.3 Å². The van der Waals surface area contributed by atoms with Gasteiger partial charge in [0.1, 0.15) is 17.4 Å². The Labute approximate surface area is 237 Å². The molecule has 6 rings (SSSR count). The maximum Gasteiger partial charge on any atom is 0.217 e. The lowest BCUT2D eigenvalue weighted by atomic mass is 10.1. The number of imidazole rings is 2. The SMILES string of the molecule is CCCn1c(-c2ccc(-n3ccnc3)cc2)cnc1C(Cc1ccccn1)N(C=O)c1cc2cc(C#N)ccc2o1. The van der Waals surface area contributed by atoms with Crippen LogP contribution < -0.4 is 4.90 Å². The summed E-state index contributed by atoms with van der Waals surface area (Å²) in [7, 11) is 0. The third-order valence-corrected chi connectivity index (χ3v) is 7.06. The molecule has 0 aliphatic heterocycles. The maximum absolute atomic E-state index is 12.8. The van der Waals surface area contributed by atoms with Crippen LogP contribution in [-0.4, -0.2) is 30.5 Å². The molecule has 0 N–H and O–H groups in total. The van der Waals surface area contributed by atoms with Crippen LogP contribution in [0.4, 0.5) is 5.88 Å². The second-order valence-corrected chi connectivity index (χ2v) is 9.67. The predicted octanol–water partition coefficient (Wildman–Crippen LogP) is 6.11. The van der Waals surface area contributed by atoms with Crippen molar-refractivity contribution in [3.8, 4) is 23.0 Å². The molecule has 1 unspecified atom stereocenters. The highest BCUT2D eigenvalue weighted by molar-refractivity contribution is 5.86. The Balaban J connectivity index is 1.44. The van der Waals surface area contributed by atoms with E-state index < -0.39 is 6.04 Å². The van der Waals surface area contributed by atoms with Crippen molar-refractivity contribution in [2.75, 3.05) is 4.90 Å². The number of benzene rings is 2. The summed E-state index contributed by atoms with van der Waals surface area (Å²) in [6.45, 7) is 2.83. The highest BCUT2D eigenvalue weighted by Crippen LogP contribution is 2.35. The summed E-state index contributed by atoms with van der Waals surface area (Å²) in [5.41, 5.74) is 4.93. The number of anilines is 1. The first kappa shape index (κ1) is 25.8. The quantitative estimate of drug-likeness (QED) is 0.194. The normalized spacial score (nSPS) is 11.8. The highest BCUT2D eigenvalue weighted by atomic mass is 16.4. The molecule has 0 spiro atoms. The zero-order chi connectivity index (χ0) is 28.2. The fourth-order valence-corrected chi connectivity index (χ4v) is 5.10. The van der Waals surface area contributed by atoms with Gasteiger partial charge in [-0.2, -0.15) is 5.26 Å². The largest absolute Gasteiger partial charge is 0.440 e. The molecule has 0 aliphatic carbocycles. The fourth-order valence-electron chi connectivity index (χ4n) is 5.10. The molecule has 0 aliphatic rings. The number of rotatable bonds is 10. The van der Waals surface area contributed by atoms with Crippen molar-refractivity contribution in [1.82, 2.24) is 24.1 Å². The van der Waals surface area contributed by atoms with Crippen LogP contribution in [0.15, 0.2) is 102 Å². The second kappa shape index (κ2) is 11.3. The molecule has 202 valence electrons. The number of pyridine rings is 1. The number of hydrogen-bond donors (Lipinski definition) is 0. The molecule has 1 amide bonds. The summed E-state index contributed by atoms with van der Waals surface area (Å²) in [6, 6.07) is 22.6. The number of carbonyl (C=O) groups is 1. The van der Waals surface area contributed by atoms with Gasteiger partial charge in [-0.1, -0.05) is 25.1 Å². The summed E-state index contributed by atoms with van der Waals surface area (Å²) in [4.78, 5) is 27.9. The van der Waals surface area contributed by atoms with Gasteiger partial charge in [0.05, 0.1) is 29.9 Å². The molecule has 9 nitrogen and oxygen atoms in total. The Kier molecular flexibility index (Phi) is 7.11. The molecular formula is C32H27N7O2. The standard InChI is InChI=1S/C32H27N7O2/c1-2-14-38-29(24-7-9-27(10-8-24)37-15-13-34-21-37)20-36-32(38)28(18-26-5-3-4-12-35-26)39(22-40)31-17-25-16-23(19-33)6-11-30(25)41-31/h3-13,15-17,20-22,28H,2,14,18H2,1H3. The van der Waals surface area contributed by atoms with Crippen LogP contribution in [0.25, 0.3) is 27.9 Å². The van der Waals surface area contributed by atoms with E-state index in [2.05, 4.69) is 39.7 Å². The number of hydrogen-bond acceptors (Lipinski definition) is 6. The number of furan rings is 1. The molecule has 2 aromatic carbocycles. The Bertz CT molecular complexity index is 1810. The number of fused-ring (bicyclic) bond motifs is 1. The van der Waals surface area contributed by atoms with Gasteiger partial charge in [0.25, 0.3) is 0 Å². The zero-order valence-corrected chi connectivity index (χ0v) is 22.5. The number of nitrogens with zero attached hydrogens (tertiary/aromatic N) is 7. The summed E-state index contributed by atoms with van der Waals surface area (Å²) in [5, 5.41) is 10.1. The van der Waals surface area contributed by atoms with Crippen LogP contribution in [0.2, 0.25) is 0 Å². The maximum atomic E-state index is 12.8. The van der Waals surface area contributed by atoms with Gasteiger partial charge in [-0.25, -0.2) is 9.97 Å². The lowest BCUT2D eigenvalue weighted by molar-refractivity contribution is -0.108. The van der Waals surface area contributed by atoms with E-state index in [1.165, 1.54) is 0 Å². The van der Waals surface area contributed by atoms with Crippen molar-refractivity contribution in [2.45, 2.75) is 32.4 Å². The number of aromatic nitrogens is 5. The molecule has 0 bridgehead atoms. The molecule has 4 heterocycles. The van der Waals surface area contributed by atoms with Crippen LogP contribution in [0, 0.1) is 11.3 Å². The van der Waals surface area contributed by atoms with E-state index in [-0.39, 0.29) is 0 Å². The minimum Gasteiger partial charge on any atom is -0.440 e. The van der Waals surface area contributed by atoms with Crippen molar-refractivity contribution in [3.05, 3.63) is 115 Å². The summed E-state index contributed by atoms with van der Waals surface area (Å²) < 4.78 is 10.2. The van der Waals surface area contributed by atoms with Gasteiger partial charge in [-0.15, -0.1) is 0 Å². The lowest BCUT2D eigenvalue weighted by Crippen LogP contribution is -2.31. The Morgan fingerprint density at radius 2 is 1.95 bits per heavy atom. The fraction of sp³-hybridized carbons (Fsp3) is 0.156. The van der Waals surface area contributed by atoms with Crippen molar-refractivity contribution in [2.24, 2.45) is 0 Å². The zero-order valence-electron chi connectivity index (χ0n) is 22.5. The first-order chi connectivity index (χ1) is 20.2. The Morgan fingerprint density at radius 1 is 1.07 bits per heavy atom. The topological polar surface area (TPSA) is 106 Å². The van der Waals surface area contributed by atoms with E-state index in [0.717, 1.165) is 46.7 Å². The number of nitriles is 1. The summed E-state index contributed by atoms with van der Waals surface area (Å²) >= 11 is 0. The molecule has 1 atom stereocenters. The van der Waals surface area contributed by atoms with Gasteiger partial charge in [-0.05, 0) is 54.4 Å². The number of amides is 1. The van der Waals surface area contributed by atoms with E-state index in [1.807, 2.05) is 47.3 Å². The van der Waals surface area contributed by atoms with Crippen LogP contribution in [0.5, 0.6) is 0 Å². The second-order valence-electron chi connectivity index (χ2n) is 9.67. The first-order valence-electron chi connectivity index (χ1n) is 13.4. The average molecular weight is 542 g/mol. The first-order valence-corrected chi connectivity index (χ1v) is 13.4.